The van der Waals surface area contributed by atoms with E-state index in [1.54, 1.807) is 25.4 Å². The molecule has 0 unspecified atom stereocenters. The predicted octanol–water partition coefficient (Wildman–Crippen LogP) is 5.48. The summed E-state index contributed by atoms with van der Waals surface area (Å²) in [6.45, 7) is 2.30. The number of aliphatic hydroxyl groups is 1. The number of nitrogens with zero attached hydrogens (tertiary/aromatic N) is 3. The fourth-order valence-electron chi connectivity index (χ4n) is 5.29. The molecule has 1 atom stereocenters. The van der Waals surface area contributed by atoms with Crippen molar-refractivity contribution in [3.05, 3.63) is 82.8 Å². The van der Waals surface area contributed by atoms with Crippen molar-refractivity contribution >= 4 is 34.2 Å². The lowest BCUT2D eigenvalue weighted by Gasteiger charge is -2.35. The Balaban J connectivity index is 1.52. The van der Waals surface area contributed by atoms with Crippen molar-refractivity contribution in [3.8, 4) is 11.5 Å². The summed E-state index contributed by atoms with van der Waals surface area (Å²) >= 11 is 6.30. The summed E-state index contributed by atoms with van der Waals surface area (Å²) in [5.41, 5.74) is 2.46. The van der Waals surface area contributed by atoms with Crippen LogP contribution in [0.15, 0.2) is 65.3 Å². The Kier molecular flexibility index (Phi) is 8.77. The lowest BCUT2D eigenvalue weighted by molar-refractivity contribution is -0.132. The Hall–Kier alpha value is -3.75. The van der Waals surface area contributed by atoms with Gasteiger partial charge in [-0.05, 0) is 67.3 Å². The van der Waals surface area contributed by atoms with Gasteiger partial charge in [0, 0.05) is 47.8 Å². The van der Waals surface area contributed by atoms with Crippen molar-refractivity contribution < 1.29 is 23.8 Å². The van der Waals surface area contributed by atoms with Crippen LogP contribution in [0, 0.1) is 5.92 Å². The van der Waals surface area contributed by atoms with E-state index in [1.807, 2.05) is 48.5 Å². The fraction of sp³-hybridized carbons (Fsp3) is 0.355. The zero-order valence-electron chi connectivity index (χ0n) is 22.8. The molecule has 4 aromatic rings. The summed E-state index contributed by atoms with van der Waals surface area (Å²) in [5, 5.41) is 11.4. The Morgan fingerprint density at radius 3 is 2.75 bits per heavy atom. The van der Waals surface area contributed by atoms with Crippen LogP contribution in [-0.2, 0) is 24.3 Å². The highest BCUT2D eigenvalue weighted by atomic mass is 35.5. The summed E-state index contributed by atoms with van der Waals surface area (Å²) in [6.07, 6.45) is 3.68. The van der Waals surface area contributed by atoms with Gasteiger partial charge in [-0.1, -0.05) is 17.7 Å². The van der Waals surface area contributed by atoms with Crippen LogP contribution in [0.5, 0.6) is 11.5 Å². The number of aliphatic hydroxyl groups excluding tert-OH is 1. The van der Waals surface area contributed by atoms with Gasteiger partial charge in [0.25, 0.3) is 0 Å². The van der Waals surface area contributed by atoms with Crippen molar-refractivity contribution in [3.63, 3.8) is 0 Å². The molecule has 5 rings (SSSR count). The van der Waals surface area contributed by atoms with Gasteiger partial charge < -0.3 is 28.8 Å². The summed E-state index contributed by atoms with van der Waals surface area (Å²) in [5.74, 6) is 2.87. The summed E-state index contributed by atoms with van der Waals surface area (Å²) in [7, 11) is 3.19. The second-order valence-corrected chi connectivity index (χ2v) is 10.6. The Labute approximate surface area is 239 Å². The predicted molar refractivity (Wildman–Crippen MR) is 155 cm³/mol. The number of piperidine rings is 1. The molecule has 0 saturated carbocycles. The van der Waals surface area contributed by atoms with Gasteiger partial charge in [-0.2, -0.15) is 0 Å². The molecular formula is C31H34ClN3O5. The molecule has 1 amide bonds. The molecule has 0 bridgehead atoms. The standard InChI is InChI=1S/C31H34ClN3O5/c1-38-26-9-10-29(39-2)23(14-26)15-30(37)35(19-27-6-4-12-40-27)18-24-13-22-7-8-25(32)16-28(22)33-31(24)34-11-3-5-21(17-34)20-36/h4,6-10,12-14,16,21,36H,3,5,11,15,17-20H2,1-2H3/t21-/m1/s1. The summed E-state index contributed by atoms with van der Waals surface area (Å²) in [4.78, 5) is 23.0. The molecule has 3 heterocycles. The van der Waals surface area contributed by atoms with Gasteiger partial charge in [0.1, 0.15) is 23.1 Å². The molecule has 210 valence electrons. The van der Waals surface area contributed by atoms with Crippen LogP contribution < -0.4 is 14.4 Å². The maximum Gasteiger partial charge on any atom is 0.227 e. The molecule has 1 fully saturated rings. The molecule has 1 aliphatic rings. The molecule has 0 spiro atoms. The van der Waals surface area contributed by atoms with Gasteiger partial charge in [0.15, 0.2) is 0 Å². The molecule has 40 heavy (non-hydrogen) atoms. The number of halogens is 1. The average Bonchev–Trinajstić information content (AvgIpc) is 3.49. The third-order valence-electron chi connectivity index (χ3n) is 7.38. The van der Waals surface area contributed by atoms with Gasteiger partial charge in [-0.3, -0.25) is 4.79 Å². The maximum absolute atomic E-state index is 13.9. The van der Waals surface area contributed by atoms with Crippen molar-refractivity contribution in [1.29, 1.82) is 0 Å². The maximum atomic E-state index is 13.9. The summed E-state index contributed by atoms with van der Waals surface area (Å²) in [6, 6.07) is 16.9. The first kappa shape index (κ1) is 27.8. The molecular weight excluding hydrogens is 530 g/mol. The van der Waals surface area contributed by atoms with Crippen molar-refractivity contribution in [2.75, 3.05) is 38.8 Å². The van der Waals surface area contributed by atoms with E-state index in [-0.39, 0.29) is 24.9 Å². The lowest BCUT2D eigenvalue weighted by Crippen LogP contribution is -2.39. The number of ether oxygens (including phenoxy) is 2. The molecule has 1 aliphatic heterocycles. The van der Waals surface area contributed by atoms with Crippen LogP contribution in [0.4, 0.5) is 5.82 Å². The highest BCUT2D eigenvalue weighted by molar-refractivity contribution is 6.31. The van der Waals surface area contributed by atoms with Crippen LogP contribution in [0.2, 0.25) is 5.02 Å². The van der Waals surface area contributed by atoms with Crippen molar-refractivity contribution in [1.82, 2.24) is 9.88 Å². The van der Waals surface area contributed by atoms with E-state index in [0.717, 1.165) is 47.2 Å². The zero-order chi connectivity index (χ0) is 28.1. The Morgan fingerprint density at radius 1 is 1.12 bits per heavy atom. The van der Waals surface area contributed by atoms with E-state index < -0.39 is 0 Å². The van der Waals surface area contributed by atoms with E-state index in [9.17, 15) is 9.90 Å². The number of methoxy groups -OCH3 is 2. The van der Waals surface area contributed by atoms with E-state index in [2.05, 4.69) is 11.0 Å². The quantitative estimate of drug-likeness (QED) is 0.273. The summed E-state index contributed by atoms with van der Waals surface area (Å²) < 4.78 is 16.6. The molecule has 9 heteroatoms. The van der Waals surface area contributed by atoms with E-state index >= 15 is 0 Å². The van der Waals surface area contributed by atoms with E-state index in [0.29, 0.717) is 41.9 Å². The van der Waals surface area contributed by atoms with Gasteiger partial charge in [0.2, 0.25) is 5.91 Å². The van der Waals surface area contributed by atoms with Crippen LogP contribution in [0.25, 0.3) is 10.9 Å². The van der Waals surface area contributed by atoms with Crippen molar-refractivity contribution in [2.24, 2.45) is 5.92 Å². The molecule has 1 saturated heterocycles. The second kappa shape index (κ2) is 12.6. The molecule has 0 radical (unpaired) electrons. The minimum Gasteiger partial charge on any atom is -0.497 e. The van der Waals surface area contributed by atoms with Crippen LogP contribution >= 0.6 is 11.6 Å². The van der Waals surface area contributed by atoms with E-state index in [1.165, 1.54) is 0 Å². The fourth-order valence-corrected chi connectivity index (χ4v) is 5.46. The number of hydrogen-bond acceptors (Lipinski definition) is 7. The second-order valence-electron chi connectivity index (χ2n) is 10.1. The monoisotopic (exact) mass is 563 g/mol. The number of fused-ring (bicyclic) bond motifs is 1. The highest BCUT2D eigenvalue weighted by Crippen LogP contribution is 2.31. The number of furan rings is 1. The first-order valence-electron chi connectivity index (χ1n) is 13.4. The molecule has 8 nitrogen and oxygen atoms in total. The minimum atomic E-state index is -0.0861. The van der Waals surface area contributed by atoms with Crippen LogP contribution in [-0.4, -0.2) is 54.8 Å². The minimum absolute atomic E-state index is 0.0861. The van der Waals surface area contributed by atoms with Gasteiger partial charge >= 0.3 is 0 Å². The number of hydrogen-bond donors (Lipinski definition) is 1. The lowest BCUT2D eigenvalue weighted by atomic mass is 9.98. The Bertz CT molecular complexity index is 1460. The molecule has 2 aromatic heterocycles. The van der Waals surface area contributed by atoms with Crippen LogP contribution in [0.3, 0.4) is 0 Å². The number of benzene rings is 2. The third kappa shape index (κ3) is 6.35. The van der Waals surface area contributed by atoms with Crippen molar-refractivity contribution in [2.45, 2.75) is 32.4 Å². The van der Waals surface area contributed by atoms with Gasteiger partial charge in [-0.15, -0.1) is 0 Å². The zero-order valence-corrected chi connectivity index (χ0v) is 23.6. The smallest absolute Gasteiger partial charge is 0.227 e. The molecule has 2 aromatic carbocycles. The van der Waals surface area contributed by atoms with Gasteiger partial charge in [-0.25, -0.2) is 4.98 Å². The number of rotatable bonds is 10. The first-order valence-corrected chi connectivity index (χ1v) is 13.8. The first-order chi connectivity index (χ1) is 19.5. The third-order valence-corrected chi connectivity index (χ3v) is 7.62. The van der Waals surface area contributed by atoms with Crippen LogP contribution in [0.1, 0.15) is 29.7 Å². The number of aromatic nitrogens is 1. The largest absolute Gasteiger partial charge is 0.497 e. The number of carbonyl (C=O) groups is 1. The number of pyridine rings is 1. The topological polar surface area (TPSA) is 88.3 Å². The van der Waals surface area contributed by atoms with E-state index in [4.69, 9.17) is 30.5 Å². The number of amides is 1. The highest BCUT2D eigenvalue weighted by Gasteiger charge is 2.26. The average molecular weight is 564 g/mol. The number of carbonyl (C=O) groups excluding carboxylic acids is 1. The molecule has 0 aliphatic carbocycles. The molecule has 1 N–H and O–H groups in total. The Morgan fingerprint density at radius 2 is 2.00 bits per heavy atom. The van der Waals surface area contributed by atoms with Gasteiger partial charge in [0.05, 0.1) is 39.0 Å². The SMILES string of the molecule is COc1ccc(OC)c(CC(=O)N(Cc2ccco2)Cc2cc3ccc(Cl)cc3nc2N2CCC[C@@H](CO)C2)c1. The number of anilines is 1. The normalized spacial score (nSPS) is 15.3.